The molecule has 2 atom stereocenters. The second-order valence-electron chi connectivity index (χ2n) is 6.18. The standard InChI is InChI=1S/C13H24N2O2/c1-13(2,3)14-7-6-12(16)15-8-10-4-5-11(9-15)17-10/h10-11,14H,4-9H2,1-3H3. The SMILES string of the molecule is CC(C)(C)NCCC(=O)N1CC2CCC(C1)O2. The van der Waals surface area contributed by atoms with Crippen molar-refractivity contribution >= 4 is 5.91 Å². The molecule has 2 heterocycles. The summed E-state index contributed by atoms with van der Waals surface area (Å²) in [6, 6.07) is 0. The van der Waals surface area contributed by atoms with E-state index in [2.05, 4.69) is 26.1 Å². The van der Waals surface area contributed by atoms with E-state index in [1.807, 2.05) is 4.90 Å². The van der Waals surface area contributed by atoms with E-state index >= 15 is 0 Å². The van der Waals surface area contributed by atoms with Crippen molar-refractivity contribution in [1.29, 1.82) is 0 Å². The van der Waals surface area contributed by atoms with E-state index in [9.17, 15) is 4.79 Å². The number of hydrogen-bond acceptors (Lipinski definition) is 3. The van der Waals surface area contributed by atoms with Crippen molar-refractivity contribution in [1.82, 2.24) is 10.2 Å². The number of nitrogens with one attached hydrogen (secondary N) is 1. The van der Waals surface area contributed by atoms with Crippen LogP contribution in [0.2, 0.25) is 0 Å². The van der Waals surface area contributed by atoms with Gasteiger partial charge in [-0.3, -0.25) is 4.79 Å². The molecule has 2 aliphatic rings. The maximum atomic E-state index is 12.0. The van der Waals surface area contributed by atoms with E-state index in [-0.39, 0.29) is 11.4 Å². The minimum Gasteiger partial charge on any atom is -0.371 e. The summed E-state index contributed by atoms with van der Waals surface area (Å²) in [5, 5.41) is 3.35. The van der Waals surface area contributed by atoms with Gasteiger partial charge in [-0.1, -0.05) is 0 Å². The number of carbonyl (C=O) groups excluding carboxylic acids is 1. The van der Waals surface area contributed by atoms with Crippen LogP contribution in [0.4, 0.5) is 0 Å². The molecule has 98 valence electrons. The summed E-state index contributed by atoms with van der Waals surface area (Å²) >= 11 is 0. The van der Waals surface area contributed by atoms with Gasteiger partial charge in [0.15, 0.2) is 0 Å². The third-order valence-corrected chi connectivity index (χ3v) is 3.39. The molecule has 4 nitrogen and oxygen atoms in total. The molecular weight excluding hydrogens is 216 g/mol. The molecule has 1 N–H and O–H groups in total. The Morgan fingerprint density at radius 3 is 2.41 bits per heavy atom. The van der Waals surface area contributed by atoms with E-state index in [1.165, 1.54) is 0 Å². The smallest absolute Gasteiger partial charge is 0.224 e. The zero-order valence-electron chi connectivity index (χ0n) is 11.2. The molecule has 0 aromatic heterocycles. The molecule has 4 heteroatoms. The normalized spacial score (nSPS) is 28.5. The van der Waals surface area contributed by atoms with Crippen molar-refractivity contribution in [3.63, 3.8) is 0 Å². The third-order valence-electron chi connectivity index (χ3n) is 3.39. The quantitative estimate of drug-likeness (QED) is 0.804. The van der Waals surface area contributed by atoms with Gasteiger partial charge in [0.1, 0.15) is 0 Å². The van der Waals surface area contributed by atoms with Crippen LogP contribution in [-0.2, 0) is 9.53 Å². The molecule has 2 unspecified atom stereocenters. The van der Waals surface area contributed by atoms with Gasteiger partial charge in [0, 0.05) is 31.6 Å². The van der Waals surface area contributed by atoms with Crippen molar-refractivity contribution < 1.29 is 9.53 Å². The van der Waals surface area contributed by atoms with Gasteiger partial charge in [0.05, 0.1) is 12.2 Å². The summed E-state index contributed by atoms with van der Waals surface area (Å²) in [6.07, 6.45) is 3.43. The van der Waals surface area contributed by atoms with E-state index in [4.69, 9.17) is 4.74 Å². The summed E-state index contributed by atoms with van der Waals surface area (Å²) in [5.41, 5.74) is 0.0876. The van der Waals surface area contributed by atoms with Crippen LogP contribution >= 0.6 is 0 Å². The maximum Gasteiger partial charge on any atom is 0.224 e. The van der Waals surface area contributed by atoms with Crippen LogP contribution in [0.25, 0.3) is 0 Å². The minimum atomic E-state index is 0.0876. The van der Waals surface area contributed by atoms with Gasteiger partial charge >= 0.3 is 0 Å². The number of nitrogens with zero attached hydrogens (tertiary/aromatic N) is 1. The Balaban J connectivity index is 1.73. The fourth-order valence-corrected chi connectivity index (χ4v) is 2.52. The van der Waals surface area contributed by atoms with Gasteiger partial charge in [0.25, 0.3) is 0 Å². The number of morpholine rings is 1. The van der Waals surface area contributed by atoms with Crippen LogP contribution < -0.4 is 5.32 Å². The Kier molecular flexibility index (Phi) is 3.73. The van der Waals surface area contributed by atoms with E-state index < -0.39 is 0 Å². The molecule has 2 bridgehead atoms. The topological polar surface area (TPSA) is 41.6 Å². The predicted octanol–water partition coefficient (Wildman–Crippen LogP) is 1.15. The highest BCUT2D eigenvalue weighted by atomic mass is 16.5. The van der Waals surface area contributed by atoms with Crippen LogP contribution in [0.15, 0.2) is 0 Å². The lowest BCUT2D eigenvalue weighted by Gasteiger charge is -2.32. The van der Waals surface area contributed by atoms with Crippen molar-refractivity contribution in [2.45, 2.75) is 57.8 Å². The van der Waals surface area contributed by atoms with Crippen LogP contribution in [0, 0.1) is 0 Å². The summed E-state index contributed by atoms with van der Waals surface area (Å²) in [4.78, 5) is 14.0. The number of likely N-dealkylation sites (tertiary alicyclic amines) is 1. The lowest BCUT2D eigenvalue weighted by atomic mass is 10.1. The van der Waals surface area contributed by atoms with Gasteiger partial charge in [0.2, 0.25) is 5.91 Å². The van der Waals surface area contributed by atoms with Gasteiger partial charge < -0.3 is 15.0 Å². The zero-order valence-corrected chi connectivity index (χ0v) is 11.2. The van der Waals surface area contributed by atoms with Crippen LogP contribution in [0.3, 0.4) is 0 Å². The lowest BCUT2D eigenvalue weighted by molar-refractivity contribution is -0.139. The fraction of sp³-hybridized carbons (Fsp3) is 0.923. The van der Waals surface area contributed by atoms with Crippen LogP contribution in [-0.4, -0.2) is 48.2 Å². The number of amides is 1. The number of rotatable bonds is 3. The van der Waals surface area contributed by atoms with Crippen molar-refractivity contribution in [2.75, 3.05) is 19.6 Å². The molecule has 0 saturated carbocycles. The molecule has 0 radical (unpaired) electrons. The first-order valence-corrected chi connectivity index (χ1v) is 6.62. The predicted molar refractivity (Wildman–Crippen MR) is 66.8 cm³/mol. The fourth-order valence-electron chi connectivity index (χ4n) is 2.52. The summed E-state index contributed by atoms with van der Waals surface area (Å²) in [6.45, 7) is 8.70. The Morgan fingerprint density at radius 1 is 1.29 bits per heavy atom. The molecule has 2 aliphatic heterocycles. The number of ether oxygens (including phenoxy) is 1. The first-order valence-electron chi connectivity index (χ1n) is 6.62. The van der Waals surface area contributed by atoms with E-state index in [0.717, 1.165) is 32.5 Å². The van der Waals surface area contributed by atoms with Crippen LogP contribution in [0.1, 0.15) is 40.0 Å². The average Bonchev–Trinajstić information content (AvgIpc) is 2.55. The summed E-state index contributed by atoms with van der Waals surface area (Å²) in [7, 11) is 0. The first kappa shape index (κ1) is 12.8. The first-order chi connectivity index (χ1) is 7.94. The summed E-state index contributed by atoms with van der Waals surface area (Å²) < 4.78 is 5.73. The third kappa shape index (κ3) is 3.68. The van der Waals surface area contributed by atoms with Crippen molar-refractivity contribution in [3.8, 4) is 0 Å². The highest BCUT2D eigenvalue weighted by Gasteiger charge is 2.35. The molecule has 17 heavy (non-hydrogen) atoms. The van der Waals surface area contributed by atoms with Gasteiger partial charge in [-0.25, -0.2) is 0 Å². The second-order valence-corrected chi connectivity index (χ2v) is 6.18. The molecule has 1 amide bonds. The molecular formula is C13H24N2O2. The molecule has 0 aromatic carbocycles. The van der Waals surface area contributed by atoms with Crippen molar-refractivity contribution in [3.05, 3.63) is 0 Å². The van der Waals surface area contributed by atoms with E-state index in [0.29, 0.717) is 18.6 Å². The zero-order chi connectivity index (χ0) is 12.5. The Morgan fingerprint density at radius 2 is 1.88 bits per heavy atom. The molecule has 2 rings (SSSR count). The van der Waals surface area contributed by atoms with E-state index in [1.54, 1.807) is 0 Å². The maximum absolute atomic E-state index is 12.0. The monoisotopic (exact) mass is 240 g/mol. The van der Waals surface area contributed by atoms with Gasteiger partial charge in [-0.2, -0.15) is 0 Å². The Hall–Kier alpha value is -0.610. The summed E-state index contributed by atoms with van der Waals surface area (Å²) in [5.74, 6) is 0.266. The van der Waals surface area contributed by atoms with Crippen LogP contribution in [0.5, 0.6) is 0 Å². The number of fused-ring (bicyclic) bond motifs is 2. The highest BCUT2D eigenvalue weighted by Crippen LogP contribution is 2.26. The lowest BCUT2D eigenvalue weighted by Crippen LogP contribution is -2.47. The van der Waals surface area contributed by atoms with Gasteiger partial charge in [-0.15, -0.1) is 0 Å². The highest BCUT2D eigenvalue weighted by molar-refractivity contribution is 5.76. The second kappa shape index (κ2) is 4.94. The molecule has 2 saturated heterocycles. The number of hydrogen-bond donors (Lipinski definition) is 1. The molecule has 0 spiro atoms. The van der Waals surface area contributed by atoms with Crippen molar-refractivity contribution in [2.24, 2.45) is 0 Å². The average molecular weight is 240 g/mol. The number of carbonyl (C=O) groups is 1. The van der Waals surface area contributed by atoms with Gasteiger partial charge in [-0.05, 0) is 33.6 Å². The molecule has 2 fully saturated rings. The molecule has 0 aliphatic carbocycles. The Labute approximate surface area is 104 Å². The molecule has 0 aromatic rings. The minimum absolute atomic E-state index is 0.0876. The largest absolute Gasteiger partial charge is 0.371 e. The Bertz CT molecular complexity index is 274.